The Morgan fingerprint density at radius 1 is 1.13 bits per heavy atom. The Morgan fingerprint density at radius 3 is 2.52 bits per heavy atom. The quantitative estimate of drug-likeness (QED) is 0.625. The van der Waals surface area contributed by atoms with E-state index >= 15 is 0 Å². The van der Waals surface area contributed by atoms with Crippen LogP contribution in [0.5, 0.6) is 0 Å². The van der Waals surface area contributed by atoms with Gasteiger partial charge in [-0.15, -0.1) is 0 Å². The van der Waals surface area contributed by atoms with Crippen LogP contribution in [0.15, 0.2) is 48.7 Å². The van der Waals surface area contributed by atoms with Crippen LogP contribution in [0.25, 0.3) is 0 Å². The minimum absolute atomic E-state index is 0.175. The number of Topliss-reactive ketones (excluding diaryl/α,β-unsaturated/α-hetero) is 1. The lowest BCUT2D eigenvalue weighted by molar-refractivity contribution is -0.138. The minimum atomic E-state index is -0.369. The van der Waals surface area contributed by atoms with Crippen molar-refractivity contribution in [2.24, 2.45) is 13.0 Å². The summed E-state index contributed by atoms with van der Waals surface area (Å²) < 4.78 is 1.69. The predicted molar refractivity (Wildman–Crippen MR) is 84.7 cm³/mol. The van der Waals surface area contributed by atoms with Crippen LogP contribution in [0.4, 0.5) is 0 Å². The highest BCUT2D eigenvalue weighted by Crippen LogP contribution is 2.24. The minimum Gasteiger partial charge on any atom is -0.348 e. The van der Waals surface area contributed by atoms with Gasteiger partial charge in [-0.2, -0.15) is 0 Å². The van der Waals surface area contributed by atoms with Gasteiger partial charge in [0.2, 0.25) is 11.8 Å². The third-order valence-corrected chi connectivity index (χ3v) is 4.19. The molecule has 0 saturated carbocycles. The summed E-state index contributed by atoms with van der Waals surface area (Å²) in [4.78, 5) is 37.9. The highest BCUT2D eigenvalue weighted by Gasteiger charge is 2.39. The first-order valence-corrected chi connectivity index (χ1v) is 7.59. The lowest BCUT2D eigenvalue weighted by atomic mass is 9.98. The number of hydrogen-bond acceptors (Lipinski definition) is 3. The van der Waals surface area contributed by atoms with Crippen LogP contribution in [0.3, 0.4) is 0 Å². The number of imide groups is 1. The van der Waals surface area contributed by atoms with Gasteiger partial charge in [-0.1, -0.05) is 30.3 Å². The van der Waals surface area contributed by atoms with Crippen molar-refractivity contribution in [1.29, 1.82) is 0 Å². The third-order valence-electron chi connectivity index (χ3n) is 4.19. The summed E-state index contributed by atoms with van der Waals surface area (Å²) in [5.41, 5.74) is 1.52. The largest absolute Gasteiger partial charge is 0.348 e. The highest BCUT2D eigenvalue weighted by molar-refractivity contribution is 6.08. The molecule has 1 fully saturated rings. The van der Waals surface area contributed by atoms with Crippen molar-refractivity contribution in [3.63, 3.8) is 0 Å². The molecule has 0 radical (unpaired) electrons. The molecule has 0 unspecified atom stereocenters. The second-order valence-corrected chi connectivity index (χ2v) is 5.84. The van der Waals surface area contributed by atoms with Crippen LogP contribution in [0.2, 0.25) is 0 Å². The van der Waals surface area contributed by atoms with E-state index in [2.05, 4.69) is 0 Å². The number of hydrogen-bond donors (Lipinski definition) is 0. The van der Waals surface area contributed by atoms with E-state index in [1.54, 1.807) is 29.9 Å². The van der Waals surface area contributed by atoms with Gasteiger partial charge in [0, 0.05) is 19.7 Å². The van der Waals surface area contributed by atoms with Crippen molar-refractivity contribution in [3.8, 4) is 0 Å². The second-order valence-electron chi connectivity index (χ2n) is 5.84. The second kappa shape index (κ2) is 6.20. The molecule has 0 bridgehead atoms. The summed E-state index contributed by atoms with van der Waals surface area (Å²) in [7, 11) is 1.76. The fourth-order valence-corrected chi connectivity index (χ4v) is 2.95. The molecular formula is C18H18N2O3. The lowest BCUT2D eigenvalue weighted by Crippen LogP contribution is -2.36. The van der Waals surface area contributed by atoms with Gasteiger partial charge >= 0.3 is 0 Å². The maximum Gasteiger partial charge on any atom is 0.233 e. The molecule has 1 atom stereocenters. The van der Waals surface area contributed by atoms with E-state index < -0.39 is 0 Å². The fourth-order valence-electron chi connectivity index (χ4n) is 2.95. The number of aromatic nitrogens is 1. The molecule has 0 N–H and O–H groups in total. The lowest BCUT2D eigenvalue weighted by Gasteiger charge is -2.14. The molecule has 23 heavy (non-hydrogen) atoms. The van der Waals surface area contributed by atoms with Crippen molar-refractivity contribution < 1.29 is 14.4 Å². The summed E-state index contributed by atoms with van der Waals surface area (Å²) in [6, 6.07) is 13.1. The first kappa shape index (κ1) is 15.2. The van der Waals surface area contributed by atoms with Crippen LogP contribution in [0.1, 0.15) is 22.5 Å². The molecular weight excluding hydrogens is 292 g/mol. The first-order valence-electron chi connectivity index (χ1n) is 7.59. The van der Waals surface area contributed by atoms with Gasteiger partial charge in [-0.05, 0) is 24.1 Å². The number of rotatable bonds is 5. The molecule has 2 amide bonds. The molecule has 5 nitrogen and oxygen atoms in total. The summed E-state index contributed by atoms with van der Waals surface area (Å²) in [5.74, 6) is -1.11. The van der Waals surface area contributed by atoms with Crippen molar-refractivity contribution in [2.75, 3.05) is 6.54 Å². The Morgan fingerprint density at radius 2 is 1.87 bits per heavy atom. The van der Waals surface area contributed by atoms with E-state index in [-0.39, 0.29) is 36.5 Å². The van der Waals surface area contributed by atoms with Gasteiger partial charge in [0.1, 0.15) is 0 Å². The van der Waals surface area contributed by atoms with Crippen LogP contribution < -0.4 is 0 Å². The Bertz CT molecular complexity index is 749. The molecule has 1 aromatic heterocycles. The summed E-state index contributed by atoms with van der Waals surface area (Å²) in [6.45, 7) is -0.180. The average Bonchev–Trinajstić information content (AvgIpc) is 3.07. The Balaban J connectivity index is 1.69. The van der Waals surface area contributed by atoms with Gasteiger partial charge < -0.3 is 4.57 Å². The Labute approximate surface area is 134 Å². The molecule has 0 aliphatic carbocycles. The molecule has 0 spiro atoms. The number of likely N-dealkylation sites (tertiary alicyclic amines) is 1. The number of benzene rings is 1. The van der Waals surface area contributed by atoms with Gasteiger partial charge in [0.25, 0.3) is 0 Å². The van der Waals surface area contributed by atoms with Crippen molar-refractivity contribution >= 4 is 17.6 Å². The van der Waals surface area contributed by atoms with Gasteiger partial charge in [0.15, 0.2) is 5.78 Å². The molecule has 3 rings (SSSR count). The summed E-state index contributed by atoms with van der Waals surface area (Å²) in [6.07, 6.45) is 2.47. The number of ketones is 1. The van der Waals surface area contributed by atoms with Crippen molar-refractivity contribution in [3.05, 3.63) is 59.9 Å². The molecule has 1 aliphatic heterocycles. The fraction of sp³-hybridized carbons (Fsp3) is 0.278. The van der Waals surface area contributed by atoms with Crippen LogP contribution in [-0.4, -0.2) is 33.6 Å². The topological polar surface area (TPSA) is 59.4 Å². The van der Waals surface area contributed by atoms with E-state index in [4.69, 9.17) is 0 Å². The maximum atomic E-state index is 12.5. The number of nitrogens with zero attached hydrogens (tertiary/aromatic N) is 2. The third kappa shape index (κ3) is 3.08. The van der Waals surface area contributed by atoms with Crippen molar-refractivity contribution in [2.45, 2.75) is 12.8 Å². The molecule has 2 aromatic rings. The van der Waals surface area contributed by atoms with Crippen LogP contribution in [-0.2, 0) is 23.1 Å². The monoisotopic (exact) mass is 310 g/mol. The van der Waals surface area contributed by atoms with E-state index in [1.807, 2.05) is 30.3 Å². The highest BCUT2D eigenvalue weighted by atomic mass is 16.2. The summed E-state index contributed by atoms with van der Waals surface area (Å²) in [5, 5.41) is 0. The summed E-state index contributed by atoms with van der Waals surface area (Å²) >= 11 is 0. The van der Waals surface area contributed by atoms with E-state index in [0.717, 1.165) is 10.5 Å². The van der Waals surface area contributed by atoms with Gasteiger partial charge in [-0.3, -0.25) is 19.3 Å². The van der Waals surface area contributed by atoms with E-state index in [0.29, 0.717) is 12.1 Å². The van der Waals surface area contributed by atoms with Crippen LogP contribution >= 0.6 is 0 Å². The molecule has 2 heterocycles. The maximum absolute atomic E-state index is 12.5. The molecule has 118 valence electrons. The molecule has 1 aromatic carbocycles. The van der Waals surface area contributed by atoms with E-state index in [1.165, 1.54) is 0 Å². The first-order chi connectivity index (χ1) is 11.1. The number of aryl methyl sites for hydroxylation is 1. The van der Waals surface area contributed by atoms with E-state index in [9.17, 15) is 14.4 Å². The number of carbonyl (C=O) groups excluding carboxylic acids is 3. The Hall–Kier alpha value is -2.69. The average molecular weight is 310 g/mol. The van der Waals surface area contributed by atoms with Crippen LogP contribution in [0, 0.1) is 5.92 Å². The van der Waals surface area contributed by atoms with Gasteiger partial charge in [0.05, 0.1) is 18.2 Å². The zero-order valence-electron chi connectivity index (χ0n) is 12.9. The normalized spacial score (nSPS) is 17.8. The number of amides is 2. The Kier molecular flexibility index (Phi) is 4.10. The zero-order valence-corrected chi connectivity index (χ0v) is 12.9. The SMILES string of the molecule is Cn1cccc1C(=O)CN1C(=O)C[C@H](Cc2ccccc2)C1=O. The zero-order chi connectivity index (χ0) is 16.4. The molecule has 5 heteroatoms. The van der Waals surface area contributed by atoms with Gasteiger partial charge in [-0.25, -0.2) is 0 Å². The molecule has 1 saturated heterocycles. The number of carbonyl (C=O) groups is 3. The molecule has 1 aliphatic rings. The van der Waals surface area contributed by atoms with Crippen molar-refractivity contribution in [1.82, 2.24) is 9.47 Å². The smallest absolute Gasteiger partial charge is 0.233 e. The predicted octanol–water partition coefficient (Wildman–Crippen LogP) is 1.83. The standard InChI is InChI=1S/C18H18N2O3/c1-19-9-5-8-15(19)16(21)12-20-17(22)11-14(18(20)23)10-13-6-3-2-4-7-13/h2-9,14H,10-12H2,1H3/t14-/m0/s1.